The van der Waals surface area contributed by atoms with Crippen molar-refractivity contribution >= 4 is 10.9 Å². The predicted octanol–water partition coefficient (Wildman–Crippen LogP) is 2.58. The van der Waals surface area contributed by atoms with Gasteiger partial charge in [-0.1, -0.05) is 48.5 Å². The number of fused-ring (bicyclic) bond motifs is 1. The minimum Gasteiger partial charge on any atom is -0.394 e. The Bertz CT molecular complexity index is 690. The van der Waals surface area contributed by atoms with Crippen molar-refractivity contribution < 1.29 is 10.2 Å². The lowest BCUT2D eigenvalue weighted by Gasteiger charge is -2.24. The van der Waals surface area contributed by atoms with Crippen LogP contribution in [0.3, 0.4) is 0 Å². The number of aromatic nitrogens is 1. The van der Waals surface area contributed by atoms with Crippen LogP contribution in [0.25, 0.3) is 10.9 Å². The third kappa shape index (κ3) is 2.22. The van der Waals surface area contributed by atoms with Gasteiger partial charge in [0.05, 0.1) is 12.6 Å². The fourth-order valence-electron chi connectivity index (χ4n) is 2.67. The van der Waals surface area contributed by atoms with Crippen molar-refractivity contribution in [1.29, 1.82) is 0 Å². The van der Waals surface area contributed by atoms with Crippen LogP contribution in [0.4, 0.5) is 0 Å². The average molecular weight is 267 g/mol. The minimum absolute atomic E-state index is 0.272. The van der Waals surface area contributed by atoms with E-state index in [1.807, 2.05) is 71.4 Å². The van der Waals surface area contributed by atoms with E-state index in [-0.39, 0.29) is 12.6 Å². The van der Waals surface area contributed by atoms with E-state index < -0.39 is 6.10 Å². The van der Waals surface area contributed by atoms with E-state index in [0.717, 1.165) is 16.5 Å². The van der Waals surface area contributed by atoms with Crippen LogP contribution in [0.2, 0.25) is 0 Å². The third-order valence-electron chi connectivity index (χ3n) is 3.62. The van der Waals surface area contributed by atoms with Crippen molar-refractivity contribution in [3.63, 3.8) is 0 Å². The molecule has 0 radical (unpaired) electrons. The Labute approximate surface area is 117 Å². The van der Waals surface area contributed by atoms with Crippen molar-refractivity contribution in [2.45, 2.75) is 12.1 Å². The maximum Gasteiger partial charge on any atom is 0.102 e. The van der Waals surface area contributed by atoms with Gasteiger partial charge in [-0.25, -0.2) is 0 Å². The van der Waals surface area contributed by atoms with Crippen LogP contribution in [-0.2, 0) is 0 Å². The molecule has 0 saturated carbocycles. The van der Waals surface area contributed by atoms with Crippen molar-refractivity contribution in [3.05, 3.63) is 72.4 Å². The van der Waals surface area contributed by atoms with E-state index in [0.29, 0.717) is 0 Å². The first-order chi connectivity index (χ1) is 9.81. The van der Waals surface area contributed by atoms with Gasteiger partial charge in [0.1, 0.15) is 6.10 Å². The first-order valence-electron chi connectivity index (χ1n) is 6.70. The summed E-state index contributed by atoms with van der Waals surface area (Å²) in [6, 6.07) is 19.5. The number of benzene rings is 2. The summed E-state index contributed by atoms with van der Waals surface area (Å²) in [4.78, 5) is 0. The molecule has 0 amide bonds. The maximum absolute atomic E-state index is 10.2. The number of aliphatic hydroxyl groups is 2. The molecule has 0 fully saturated rings. The molecule has 0 aliphatic rings. The minimum atomic E-state index is -0.840. The summed E-state index contributed by atoms with van der Waals surface area (Å²) in [7, 11) is 0. The predicted molar refractivity (Wildman–Crippen MR) is 79.6 cm³/mol. The Kier molecular flexibility index (Phi) is 3.54. The van der Waals surface area contributed by atoms with Crippen LogP contribution in [0.15, 0.2) is 66.9 Å². The van der Waals surface area contributed by atoms with E-state index >= 15 is 0 Å². The number of para-hydroxylation sites is 1. The highest BCUT2D eigenvalue weighted by Gasteiger charge is 2.23. The molecule has 2 N–H and O–H groups in total. The largest absolute Gasteiger partial charge is 0.394 e. The van der Waals surface area contributed by atoms with E-state index in [1.54, 1.807) is 0 Å². The summed E-state index contributed by atoms with van der Waals surface area (Å²) in [6.45, 7) is -0.272. The highest BCUT2D eigenvalue weighted by molar-refractivity contribution is 5.80. The molecular weight excluding hydrogens is 250 g/mol. The molecule has 0 spiro atoms. The quantitative estimate of drug-likeness (QED) is 0.763. The number of hydrogen-bond acceptors (Lipinski definition) is 2. The first kappa shape index (κ1) is 12.9. The molecule has 1 aromatic heterocycles. The SMILES string of the molecule is OC[C@@H](O)[C@H](c1ccccc1)n1ccc2ccccc21. The molecule has 2 aromatic carbocycles. The molecule has 20 heavy (non-hydrogen) atoms. The fraction of sp³-hybridized carbons (Fsp3) is 0.176. The van der Waals surface area contributed by atoms with Gasteiger partial charge >= 0.3 is 0 Å². The molecule has 3 nitrogen and oxygen atoms in total. The molecule has 3 heteroatoms. The lowest BCUT2D eigenvalue weighted by molar-refractivity contribution is 0.0654. The Balaban J connectivity index is 2.15. The molecule has 2 atom stereocenters. The number of rotatable bonds is 4. The Morgan fingerprint density at radius 1 is 0.900 bits per heavy atom. The second-order valence-corrected chi connectivity index (χ2v) is 4.89. The second-order valence-electron chi connectivity index (χ2n) is 4.89. The number of aliphatic hydroxyl groups excluding tert-OH is 2. The van der Waals surface area contributed by atoms with Crippen LogP contribution in [0, 0.1) is 0 Å². The van der Waals surface area contributed by atoms with Gasteiger partial charge in [-0.3, -0.25) is 0 Å². The molecule has 0 aliphatic carbocycles. The Morgan fingerprint density at radius 2 is 1.60 bits per heavy atom. The molecule has 0 unspecified atom stereocenters. The zero-order chi connectivity index (χ0) is 13.9. The van der Waals surface area contributed by atoms with E-state index in [1.165, 1.54) is 0 Å². The maximum atomic E-state index is 10.2. The zero-order valence-corrected chi connectivity index (χ0v) is 11.1. The molecule has 102 valence electrons. The van der Waals surface area contributed by atoms with Crippen molar-refractivity contribution in [2.75, 3.05) is 6.61 Å². The lowest BCUT2D eigenvalue weighted by atomic mass is 10.0. The van der Waals surface area contributed by atoms with E-state index in [4.69, 9.17) is 0 Å². The van der Waals surface area contributed by atoms with Crippen LogP contribution in [-0.4, -0.2) is 27.5 Å². The van der Waals surface area contributed by atoms with Crippen molar-refractivity contribution in [2.24, 2.45) is 0 Å². The number of nitrogens with zero attached hydrogens (tertiary/aromatic N) is 1. The van der Waals surface area contributed by atoms with Gasteiger partial charge in [0.2, 0.25) is 0 Å². The summed E-state index contributed by atoms with van der Waals surface area (Å²) in [5, 5.41) is 20.7. The molecule has 0 saturated heterocycles. The smallest absolute Gasteiger partial charge is 0.102 e. The highest BCUT2D eigenvalue weighted by Crippen LogP contribution is 2.27. The van der Waals surface area contributed by atoms with E-state index in [9.17, 15) is 10.2 Å². The van der Waals surface area contributed by atoms with Crippen LogP contribution in [0.5, 0.6) is 0 Å². The highest BCUT2D eigenvalue weighted by atomic mass is 16.3. The summed E-state index contributed by atoms with van der Waals surface area (Å²) in [5.74, 6) is 0. The number of hydrogen-bond donors (Lipinski definition) is 2. The summed E-state index contributed by atoms with van der Waals surface area (Å²) < 4.78 is 2.02. The summed E-state index contributed by atoms with van der Waals surface area (Å²) in [5.41, 5.74) is 2.03. The molecule has 0 aliphatic heterocycles. The van der Waals surface area contributed by atoms with Gasteiger partial charge in [0.25, 0.3) is 0 Å². The van der Waals surface area contributed by atoms with Crippen LogP contribution >= 0.6 is 0 Å². The molecule has 0 bridgehead atoms. The third-order valence-corrected chi connectivity index (χ3v) is 3.62. The van der Waals surface area contributed by atoms with Gasteiger partial charge in [0, 0.05) is 11.7 Å². The van der Waals surface area contributed by atoms with E-state index in [2.05, 4.69) is 0 Å². The standard InChI is InChI=1S/C17H17NO2/c19-12-16(20)17(14-7-2-1-3-8-14)18-11-10-13-6-4-5-9-15(13)18/h1-11,16-17,19-20H,12H2/t16-,17+/m1/s1. The topological polar surface area (TPSA) is 45.4 Å². The molecule has 3 aromatic rings. The second kappa shape index (κ2) is 5.49. The van der Waals surface area contributed by atoms with Gasteiger partial charge in [-0.2, -0.15) is 0 Å². The Hall–Kier alpha value is -2.10. The first-order valence-corrected chi connectivity index (χ1v) is 6.70. The summed E-state index contributed by atoms with van der Waals surface area (Å²) in [6.07, 6.45) is 1.12. The molecular formula is C17H17NO2. The molecule has 1 heterocycles. The molecule has 3 rings (SSSR count). The van der Waals surface area contributed by atoms with Crippen molar-refractivity contribution in [1.82, 2.24) is 4.57 Å². The van der Waals surface area contributed by atoms with Crippen LogP contribution < -0.4 is 0 Å². The summed E-state index contributed by atoms with van der Waals surface area (Å²) >= 11 is 0. The van der Waals surface area contributed by atoms with Crippen LogP contribution in [0.1, 0.15) is 11.6 Å². The van der Waals surface area contributed by atoms with Crippen molar-refractivity contribution in [3.8, 4) is 0 Å². The average Bonchev–Trinajstić information content (AvgIpc) is 2.92. The Morgan fingerprint density at radius 3 is 2.35 bits per heavy atom. The zero-order valence-electron chi connectivity index (χ0n) is 11.1. The van der Waals surface area contributed by atoms with Gasteiger partial charge in [-0.15, -0.1) is 0 Å². The lowest BCUT2D eigenvalue weighted by Crippen LogP contribution is -2.27. The van der Waals surface area contributed by atoms with Gasteiger partial charge in [-0.05, 0) is 23.1 Å². The normalized spacial score (nSPS) is 14.3. The monoisotopic (exact) mass is 267 g/mol. The van der Waals surface area contributed by atoms with Gasteiger partial charge in [0.15, 0.2) is 0 Å². The van der Waals surface area contributed by atoms with Gasteiger partial charge < -0.3 is 14.8 Å². The fourth-order valence-corrected chi connectivity index (χ4v) is 2.67.